The maximum atomic E-state index is 13.6. The third kappa shape index (κ3) is 2.51. The maximum Gasteiger partial charge on any atom is 0.251 e. The predicted octanol–water partition coefficient (Wildman–Crippen LogP) is 4.15. The molecule has 0 saturated heterocycles. The van der Waals surface area contributed by atoms with Crippen LogP contribution in [0.25, 0.3) is 22.9 Å². The highest BCUT2D eigenvalue weighted by atomic mass is 127. The Morgan fingerprint density at radius 2 is 1.74 bits per heavy atom. The van der Waals surface area contributed by atoms with Crippen molar-refractivity contribution in [1.82, 2.24) is 10.2 Å². The van der Waals surface area contributed by atoms with Crippen LogP contribution in [-0.4, -0.2) is 10.2 Å². The second kappa shape index (κ2) is 5.08. The summed E-state index contributed by atoms with van der Waals surface area (Å²) in [6.07, 6.45) is 0. The highest BCUT2D eigenvalue weighted by molar-refractivity contribution is 14.1. The first kappa shape index (κ1) is 12.3. The lowest BCUT2D eigenvalue weighted by atomic mass is 10.2. The lowest BCUT2D eigenvalue weighted by Gasteiger charge is -1.97. The Balaban J connectivity index is 2.03. The van der Waals surface area contributed by atoms with Crippen LogP contribution in [0.4, 0.5) is 4.39 Å². The van der Waals surface area contributed by atoms with E-state index < -0.39 is 0 Å². The van der Waals surface area contributed by atoms with Gasteiger partial charge in [0.25, 0.3) is 5.89 Å². The number of halogens is 2. The third-order valence-electron chi connectivity index (χ3n) is 2.60. The summed E-state index contributed by atoms with van der Waals surface area (Å²) in [5.41, 5.74) is 1.13. The minimum Gasteiger partial charge on any atom is -0.416 e. The smallest absolute Gasteiger partial charge is 0.251 e. The molecule has 3 nitrogen and oxygen atoms in total. The molecule has 3 aromatic rings. The van der Waals surface area contributed by atoms with Gasteiger partial charge < -0.3 is 4.42 Å². The molecule has 0 aliphatic rings. The summed E-state index contributed by atoms with van der Waals surface area (Å²) >= 11 is 2.21. The first-order valence-electron chi connectivity index (χ1n) is 5.58. The standard InChI is InChI=1S/C14H8FIN2O/c15-12-7-2-1-6-11(12)14-18-17-13(19-14)9-4-3-5-10(16)8-9/h1-8H. The Kier molecular flexibility index (Phi) is 3.29. The van der Waals surface area contributed by atoms with Crippen LogP contribution in [0.1, 0.15) is 0 Å². The SMILES string of the molecule is Fc1ccccc1-c1nnc(-c2cccc(I)c2)o1. The molecule has 0 fully saturated rings. The van der Waals surface area contributed by atoms with Crippen molar-refractivity contribution in [1.29, 1.82) is 0 Å². The van der Waals surface area contributed by atoms with E-state index in [1.54, 1.807) is 18.2 Å². The quantitative estimate of drug-likeness (QED) is 0.640. The van der Waals surface area contributed by atoms with Crippen LogP contribution < -0.4 is 0 Å². The van der Waals surface area contributed by atoms with Crippen LogP contribution in [0.3, 0.4) is 0 Å². The molecule has 0 aliphatic heterocycles. The van der Waals surface area contributed by atoms with Crippen LogP contribution in [0, 0.1) is 9.39 Å². The lowest BCUT2D eigenvalue weighted by Crippen LogP contribution is -1.82. The van der Waals surface area contributed by atoms with E-state index in [1.165, 1.54) is 6.07 Å². The Labute approximate surface area is 122 Å². The zero-order chi connectivity index (χ0) is 13.2. The van der Waals surface area contributed by atoms with E-state index in [0.717, 1.165) is 9.13 Å². The van der Waals surface area contributed by atoms with Gasteiger partial charge in [0.1, 0.15) is 5.82 Å². The molecule has 5 heteroatoms. The number of hydrogen-bond donors (Lipinski definition) is 0. The van der Waals surface area contributed by atoms with Gasteiger partial charge in [0.05, 0.1) is 5.56 Å². The molecule has 0 unspecified atom stereocenters. The second-order valence-electron chi connectivity index (χ2n) is 3.90. The average molecular weight is 366 g/mol. The van der Waals surface area contributed by atoms with Crippen molar-refractivity contribution in [2.45, 2.75) is 0 Å². The minimum absolute atomic E-state index is 0.187. The van der Waals surface area contributed by atoms with Gasteiger partial charge in [0, 0.05) is 9.13 Å². The van der Waals surface area contributed by atoms with E-state index in [2.05, 4.69) is 32.8 Å². The summed E-state index contributed by atoms with van der Waals surface area (Å²) in [6.45, 7) is 0. The van der Waals surface area contributed by atoms with E-state index in [0.29, 0.717) is 11.5 Å². The van der Waals surface area contributed by atoms with Gasteiger partial charge in [-0.15, -0.1) is 10.2 Å². The normalized spacial score (nSPS) is 10.6. The van der Waals surface area contributed by atoms with Crippen LogP contribution in [0.2, 0.25) is 0 Å². The van der Waals surface area contributed by atoms with Crippen molar-refractivity contribution < 1.29 is 8.81 Å². The van der Waals surface area contributed by atoms with E-state index in [4.69, 9.17) is 4.42 Å². The topological polar surface area (TPSA) is 38.9 Å². The van der Waals surface area contributed by atoms with Crippen molar-refractivity contribution in [3.63, 3.8) is 0 Å². The van der Waals surface area contributed by atoms with E-state index in [9.17, 15) is 4.39 Å². The highest BCUT2D eigenvalue weighted by Gasteiger charge is 2.13. The molecule has 0 spiro atoms. The summed E-state index contributed by atoms with van der Waals surface area (Å²) in [5.74, 6) is 0.198. The predicted molar refractivity (Wildman–Crippen MR) is 77.8 cm³/mol. The molecule has 0 aliphatic carbocycles. The van der Waals surface area contributed by atoms with E-state index in [-0.39, 0.29) is 11.7 Å². The Morgan fingerprint density at radius 1 is 0.947 bits per heavy atom. The lowest BCUT2D eigenvalue weighted by molar-refractivity contribution is 0.570. The minimum atomic E-state index is -0.375. The van der Waals surface area contributed by atoms with Gasteiger partial charge in [-0.1, -0.05) is 18.2 Å². The van der Waals surface area contributed by atoms with Crippen molar-refractivity contribution in [3.05, 3.63) is 57.9 Å². The molecule has 0 saturated carbocycles. The van der Waals surface area contributed by atoms with Crippen LogP contribution in [0.15, 0.2) is 52.9 Å². The van der Waals surface area contributed by atoms with E-state index in [1.807, 2.05) is 24.3 Å². The highest BCUT2D eigenvalue weighted by Crippen LogP contribution is 2.26. The van der Waals surface area contributed by atoms with Crippen molar-refractivity contribution in [2.75, 3.05) is 0 Å². The first-order chi connectivity index (χ1) is 9.24. The van der Waals surface area contributed by atoms with Crippen molar-refractivity contribution in [3.8, 4) is 22.9 Å². The number of aromatic nitrogens is 2. The number of rotatable bonds is 2. The average Bonchev–Trinajstić information content (AvgIpc) is 2.89. The molecule has 0 radical (unpaired) electrons. The molecular formula is C14H8FIN2O. The van der Waals surface area contributed by atoms with Gasteiger partial charge >= 0.3 is 0 Å². The summed E-state index contributed by atoms with van der Waals surface area (Å²) in [6, 6.07) is 14.0. The second-order valence-corrected chi connectivity index (χ2v) is 5.15. The van der Waals surface area contributed by atoms with E-state index >= 15 is 0 Å². The largest absolute Gasteiger partial charge is 0.416 e. The molecule has 1 aromatic heterocycles. The van der Waals surface area contributed by atoms with Gasteiger partial charge in [-0.25, -0.2) is 4.39 Å². The van der Waals surface area contributed by atoms with Gasteiger partial charge in [0.2, 0.25) is 5.89 Å². The van der Waals surface area contributed by atoms with Gasteiger partial charge in [-0.05, 0) is 52.9 Å². The zero-order valence-electron chi connectivity index (χ0n) is 9.68. The first-order valence-corrected chi connectivity index (χ1v) is 6.66. The van der Waals surface area contributed by atoms with Gasteiger partial charge in [-0.3, -0.25) is 0 Å². The number of benzene rings is 2. The third-order valence-corrected chi connectivity index (χ3v) is 3.27. The van der Waals surface area contributed by atoms with Crippen LogP contribution >= 0.6 is 22.6 Å². The monoisotopic (exact) mass is 366 g/mol. The summed E-state index contributed by atoms with van der Waals surface area (Å²) in [4.78, 5) is 0. The van der Waals surface area contributed by atoms with Crippen molar-refractivity contribution in [2.24, 2.45) is 0 Å². The Hall–Kier alpha value is -1.76. The summed E-state index contributed by atoms with van der Waals surface area (Å²) in [5, 5.41) is 7.85. The fourth-order valence-corrected chi connectivity index (χ4v) is 2.25. The van der Waals surface area contributed by atoms with Gasteiger partial charge in [-0.2, -0.15) is 0 Å². The fourth-order valence-electron chi connectivity index (χ4n) is 1.70. The van der Waals surface area contributed by atoms with Crippen LogP contribution in [0.5, 0.6) is 0 Å². The van der Waals surface area contributed by atoms with Crippen LogP contribution in [-0.2, 0) is 0 Å². The molecule has 2 aromatic carbocycles. The summed E-state index contributed by atoms with van der Waals surface area (Å²) < 4.78 is 20.2. The number of nitrogens with zero attached hydrogens (tertiary/aromatic N) is 2. The summed E-state index contributed by atoms with van der Waals surface area (Å²) in [7, 11) is 0. The van der Waals surface area contributed by atoms with Crippen molar-refractivity contribution >= 4 is 22.6 Å². The molecule has 94 valence electrons. The van der Waals surface area contributed by atoms with Gasteiger partial charge in [0.15, 0.2) is 0 Å². The molecule has 0 N–H and O–H groups in total. The molecule has 3 rings (SSSR count). The zero-order valence-corrected chi connectivity index (χ0v) is 11.8. The fraction of sp³-hybridized carbons (Fsp3) is 0. The molecular weight excluding hydrogens is 358 g/mol. The molecule has 19 heavy (non-hydrogen) atoms. The molecule has 0 atom stereocenters. The Bertz CT molecular complexity index is 727. The Morgan fingerprint density at radius 3 is 2.53 bits per heavy atom. The molecule has 0 amide bonds. The number of hydrogen-bond acceptors (Lipinski definition) is 3. The maximum absolute atomic E-state index is 13.6. The molecule has 0 bridgehead atoms. The molecule has 1 heterocycles.